The fourth-order valence-corrected chi connectivity index (χ4v) is 1.67. The number of nitrogens with zero attached hydrogens (tertiary/aromatic N) is 3. The van der Waals surface area contributed by atoms with E-state index in [1.54, 1.807) is 30.9 Å². The SMILES string of the molecule is CNC(=O)CCn1c(N)nc2ccc(OC)nc21. The molecule has 2 aromatic rings. The monoisotopic (exact) mass is 249 g/mol. The van der Waals surface area contributed by atoms with Gasteiger partial charge in [0.2, 0.25) is 17.7 Å². The predicted molar refractivity (Wildman–Crippen MR) is 67.2 cm³/mol. The molecule has 7 heteroatoms. The second-order valence-corrected chi connectivity index (χ2v) is 3.74. The molecule has 2 aromatic heterocycles. The minimum atomic E-state index is -0.0563. The zero-order valence-corrected chi connectivity index (χ0v) is 10.3. The number of nitrogens with two attached hydrogens (primary N) is 1. The van der Waals surface area contributed by atoms with E-state index in [1.807, 2.05) is 0 Å². The smallest absolute Gasteiger partial charge is 0.221 e. The number of hydrogen-bond donors (Lipinski definition) is 2. The predicted octanol–water partition coefficient (Wildman–Crippen LogP) is 0.158. The fourth-order valence-electron chi connectivity index (χ4n) is 1.67. The number of carbonyl (C=O) groups excluding carboxylic acids is 1. The van der Waals surface area contributed by atoms with Crippen LogP contribution in [0, 0.1) is 0 Å². The Kier molecular flexibility index (Phi) is 3.31. The molecule has 1 amide bonds. The molecule has 96 valence electrons. The Morgan fingerprint density at radius 2 is 2.28 bits per heavy atom. The quantitative estimate of drug-likeness (QED) is 0.804. The molecule has 0 bridgehead atoms. The molecule has 0 fully saturated rings. The van der Waals surface area contributed by atoms with Crippen LogP contribution >= 0.6 is 0 Å². The first-order valence-electron chi connectivity index (χ1n) is 5.53. The van der Waals surface area contributed by atoms with Crippen LogP contribution in [-0.2, 0) is 11.3 Å². The standard InChI is InChI=1S/C11H15N5O2/c1-13-8(17)5-6-16-10-7(14-11(16)12)3-4-9(15-10)18-2/h3-4H,5-6H2,1-2H3,(H2,12,14)(H,13,17). The van der Waals surface area contributed by atoms with Crippen molar-refractivity contribution in [3.8, 4) is 5.88 Å². The third kappa shape index (κ3) is 2.20. The van der Waals surface area contributed by atoms with Crippen molar-refractivity contribution in [3.05, 3.63) is 12.1 Å². The van der Waals surface area contributed by atoms with Gasteiger partial charge in [-0.25, -0.2) is 4.98 Å². The number of anilines is 1. The minimum absolute atomic E-state index is 0.0563. The molecule has 2 rings (SSSR count). The summed E-state index contributed by atoms with van der Waals surface area (Å²) in [5.74, 6) is 0.775. The molecule has 0 saturated carbocycles. The Morgan fingerprint density at radius 3 is 2.94 bits per heavy atom. The summed E-state index contributed by atoms with van der Waals surface area (Å²) in [5, 5.41) is 2.56. The maximum atomic E-state index is 11.2. The number of carbonyl (C=O) groups is 1. The average Bonchev–Trinajstić information content (AvgIpc) is 2.70. The van der Waals surface area contributed by atoms with E-state index in [1.165, 1.54) is 0 Å². The van der Waals surface area contributed by atoms with Crippen LogP contribution in [0.25, 0.3) is 11.2 Å². The topological polar surface area (TPSA) is 95.1 Å². The average molecular weight is 249 g/mol. The van der Waals surface area contributed by atoms with Gasteiger partial charge < -0.3 is 15.8 Å². The van der Waals surface area contributed by atoms with Crippen molar-refractivity contribution in [1.82, 2.24) is 19.9 Å². The number of pyridine rings is 1. The lowest BCUT2D eigenvalue weighted by Crippen LogP contribution is -2.20. The fraction of sp³-hybridized carbons (Fsp3) is 0.364. The van der Waals surface area contributed by atoms with E-state index < -0.39 is 0 Å². The highest BCUT2D eigenvalue weighted by atomic mass is 16.5. The lowest BCUT2D eigenvalue weighted by Gasteiger charge is -2.05. The van der Waals surface area contributed by atoms with Crippen LogP contribution in [0.3, 0.4) is 0 Å². The molecule has 0 radical (unpaired) electrons. The highest BCUT2D eigenvalue weighted by Gasteiger charge is 2.11. The second-order valence-electron chi connectivity index (χ2n) is 3.74. The van der Waals surface area contributed by atoms with Gasteiger partial charge in [-0.15, -0.1) is 0 Å². The van der Waals surface area contributed by atoms with Gasteiger partial charge in [-0.3, -0.25) is 9.36 Å². The largest absolute Gasteiger partial charge is 0.481 e. The van der Waals surface area contributed by atoms with Crippen LogP contribution in [0.2, 0.25) is 0 Å². The van der Waals surface area contributed by atoms with Gasteiger partial charge in [0.05, 0.1) is 7.11 Å². The van der Waals surface area contributed by atoms with Gasteiger partial charge in [-0.1, -0.05) is 0 Å². The van der Waals surface area contributed by atoms with E-state index >= 15 is 0 Å². The summed E-state index contributed by atoms with van der Waals surface area (Å²) in [5.41, 5.74) is 7.12. The number of methoxy groups -OCH3 is 1. The third-order valence-corrected chi connectivity index (χ3v) is 2.65. The van der Waals surface area contributed by atoms with Crippen LogP contribution in [0.5, 0.6) is 5.88 Å². The summed E-state index contributed by atoms with van der Waals surface area (Å²) in [7, 11) is 3.14. The maximum absolute atomic E-state index is 11.2. The molecule has 0 saturated heterocycles. The molecule has 0 atom stereocenters. The molecule has 0 spiro atoms. The molecule has 18 heavy (non-hydrogen) atoms. The molecule has 0 aromatic carbocycles. The van der Waals surface area contributed by atoms with Crippen molar-refractivity contribution >= 4 is 23.0 Å². The van der Waals surface area contributed by atoms with E-state index in [2.05, 4.69) is 15.3 Å². The number of aryl methyl sites for hydroxylation is 1. The van der Waals surface area contributed by atoms with Gasteiger partial charge in [0.25, 0.3) is 0 Å². The molecular formula is C11H15N5O2. The normalized spacial score (nSPS) is 10.6. The van der Waals surface area contributed by atoms with E-state index in [4.69, 9.17) is 10.5 Å². The Bertz CT molecular complexity index is 578. The first kappa shape index (κ1) is 12.2. The van der Waals surface area contributed by atoms with Gasteiger partial charge in [0.1, 0.15) is 5.52 Å². The zero-order chi connectivity index (χ0) is 13.1. The third-order valence-electron chi connectivity index (χ3n) is 2.65. The summed E-state index contributed by atoms with van der Waals surface area (Å²) in [6.07, 6.45) is 0.324. The van der Waals surface area contributed by atoms with E-state index in [0.29, 0.717) is 36.0 Å². The molecule has 3 N–H and O–H groups in total. The number of aromatic nitrogens is 3. The number of fused-ring (bicyclic) bond motifs is 1. The Morgan fingerprint density at radius 1 is 1.50 bits per heavy atom. The summed E-state index contributed by atoms with van der Waals surface area (Å²) in [6, 6.07) is 3.51. The van der Waals surface area contributed by atoms with Gasteiger partial charge in [0.15, 0.2) is 5.65 Å². The summed E-state index contributed by atoms with van der Waals surface area (Å²) >= 11 is 0. The van der Waals surface area contributed by atoms with Crippen LogP contribution in [0.4, 0.5) is 5.95 Å². The van der Waals surface area contributed by atoms with Gasteiger partial charge in [0, 0.05) is 26.1 Å². The Hall–Kier alpha value is -2.31. The summed E-state index contributed by atoms with van der Waals surface area (Å²) < 4.78 is 6.76. The number of ether oxygens (including phenoxy) is 1. The van der Waals surface area contributed by atoms with Crippen molar-refractivity contribution in [1.29, 1.82) is 0 Å². The molecule has 0 aliphatic carbocycles. The number of rotatable bonds is 4. The van der Waals surface area contributed by atoms with Crippen LogP contribution in [0.15, 0.2) is 12.1 Å². The minimum Gasteiger partial charge on any atom is -0.481 e. The number of hydrogen-bond acceptors (Lipinski definition) is 5. The summed E-state index contributed by atoms with van der Waals surface area (Å²) in [4.78, 5) is 19.7. The van der Waals surface area contributed by atoms with E-state index in [0.717, 1.165) is 0 Å². The molecule has 0 aliphatic heterocycles. The number of amides is 1. The second kappa shape index (κ2) is 4.91. The van der Waals surface area contributed by atoms with Crippen molar-refractivity contribution in [2.75, 3.05) is 19.9 Å². The van der Waals surface area contributed by atoms with Crippen LogP contribution in [-0.4, -0.2) is 34.6 Å². The molecule has 0 unspecified atom stereocenters. The van der Waals surface area contributed by atoms with Gasteiger partial charge in [-0.05, 0) is 6.07 Å². The van der Waals surface area contributed by atoms with Crippen molar-refractivity contribution in [2.45, 2.75) is 13.0 Å². The number of nitrogens with one attached hydrogen (secondary N) is 1. The van der Waals surface area contributed by atoms with Crippen LogP contribution < -0.4 is 15.8 Å². The summed E-state index contributed by atoms with van der Waals surface area (Å²) in [6.45, 7) is 0.433. The van der Waals surface area contributed by atoms with E-state index in [9.17, 15) is 4.79 Å². The van der Waals surface area contributed by atoms with Crippen molar-refractivity contribution < 1.29 is 9.53 Å². The lowest BCUT2D eigenvalue weighted by atomic mass is 10.4. The number of nitrogen functional groups attached to an aromatic ring is 1. The molecular weight excluding hydrogens is 234 g/mol. The first-order valence-corrected chi connectivity index (χ1v) is 5.53. The first-order chi connectivity index (χ1) is 8.65. The lowest BCUT2D eigenvalue weighted by molar-refractivity contribution is -0.120. The van der Waals surface area contributed by atoms with E-state index in [-0.39, 0.29) is 5.91 Å². The highest BCUT2D eigenvalue weighted by molar-refractivity contribution is 5.77. The van der Waals surface area contributed by atoms with Crippen molar-refractivity contribution in [3.63, 3.8) is 0 Å². The van der Waals surface area contributed by atoms with Crippen LogP contribution in [0.1, 0.15) is 6.42 Å². The highest BCUT2D eigenvalue weighted by Crippen LogP contribution is 2.19. The maximum Gasteiger partial charge on any atom is 0.221 e. The zero-order valence-electron chi connectivity index (χ0n) is 10.3. The Labute approximate surface area is 104 Å². The molecule has 2 heterocycles. The molecule has 7 nitrogen and oxygen atoms in total. The number of imidazole rings is 1. The Balaban J connectivity index is 2.35. The molecule has 0 aliphatic rings. The van der Waals surface area contributed by atoms with Gasteiger partial charge >= 0.3 is 0 Å². The van der Waals surface area contributed by atoms with Gasteiger partial charge in [-0.2, -0.15) is 4.98 Å². The van der Waals surface area contributed by atoms with Crippen molar-refractivity contribution in [2.24, 2.45) is 0 Å².